The molecule has 1 N–H and O–H groups in total. The Morgan fingerprint density at radius 3 is 2.68 bits per heavy atom. The van der Waals surface area contributed by atoms with E-state index in [1.807, 2.05) is 14.1 Å². The Kier molecular flexibility index (Phi) is 7.04. The van der Waals surface area contributed by atoms with E-state index >= 15 is 0 Å². The minimum absolute atomic E-state index is 0.162. The second-order valence-electron chi connectivity index (χ2n) is 6.31. The van der Waals surface area contributed by atoms with Crippen molar-refractivity contribution in [2.75, 3.05) is 47.4 Å². The van der Waals surface area contributed by atoms with Gasteiger partial charge in [-0.2, -0.15) is 5.26 Å². The molecule has 0 amide bonds. The fourth-order valence-electron chi connectivity index (χ4n) is 2.70. The quantitative estimate of drug-likeness (QED) is 0.569. The van der Waals surface area contributed by atoms with E-state index in [9.17, 15) is 10.4 Å². The Hall–Kier alpha value is -2.30. The highest BCUT2D eigenvalue weighted by Crippen LogP contribution is 2.34. The predicted molar refractivity (Wildman–Crippen MR) is 96.7 cm³/mol. The molecular weight excluding hydrogens is 320 g/mol. The van der Waals surface area contributed by atoms with E-state index in [0.29, 0.717) is 29.3 Å². The van der Waals surface area contributed by atoms with Gasteiger partial charge in [-0.25, -0.2) is 4.99 Å². The molecule has 1 aliphatic heterocycles. The summed E-state index contributed by atoms with van der Waals surface area (Å²) in [7, 11) is 5.23. The second-order valence-corrected chi connectivity index (χ2v) is 6.31. The molecule has 0 aromatic heterocycles. The van der Waals surface area contributed by atoms with Gasteiger partial charge in [0.15, 0.2) is 11.5 Å². The summed E-state index contributed by atoms with van der Waals surface area (Å²) in [4.78, 5) is 8.31. The normalized spacial score (nSPS) is 16.0. The molecule has 1 heterocycles. The lowest BCUT2D eigenvalue weighted by molar-refractivity contribution is 0.0747. The summed E-state index contributed by atoms with van der Waals surface area (Å²) >= 11 is 0. The molecule has 1 aliphatic rings. The summed E-state index contributed by atoms with van der Waals surface area (Å²) in [6.45, 7) is 2.82. The van der Waals surface area contributed by atoms with Gasteiger partial charge in [-0.3, -0.25) is 0 Å². The fourth-order valence-corrected chi connectivity index (χ4v) is 2.70. The number of aliphatic imine (C=N–C) groups is 1. The number of likely N-dealkylation sites (tertiary alicyclic amines) is 1. The molecule has 0 aliphatic carbocycles. The number of aliphatic hydroxyl groups is 1. The van der Waals surface area contributed by atoms with E-state index in [4.69, 9.17) is 9.47 Å². The Morgan fingerprint density at radius 1 is 1.36 bits per heavy atom. The first-order chi connectivity index (χ1) is 12.0. The number of hydrogen-bond donors (Lipinski definition) is 1. The van der Waals surface area contributed by atoms with Gasteiger partial charge in [0.05, 0.1) is 24.7 Å². The maximum atomic E-state index is 10.2. The molecule has 1 saturated heterocycles. The Morgan fingerprint density at radius 2 is 2.08 bits per heavy atom. The first-order valence-electron chi connectivity index (χ1n) is 8.39. The van der Waals surface area contributed by atoms with Crippen molar-refractivity contribution < 1.29 is 14.6 Å². The molecular formula is C18H26N4O3. The van der Waals surface area contributed by atoms with Crippen LogP contribution in [0.2, 0.25) is 0 Å². The molecule has 25 heavy (non-hydrogen) atoms. The number of benzene rings is 1. The Labute approximate surface area is 149 Å². The highest BCUT2D eigenvalue weighted by molar-refractivity contribution is 5.68. The predicted octanol–water partition coefficient (Wildman–Crippen LogP) is 1.62. The van der Waals surface area contributed by atoms with Gasteiger partial charge in [0.2, 0.25) is 0 Å². The summed E-state index contributed by atoms with van der Waals surface area (Å²) in [5.74, 6) is 0.918. The lowest BCUT2D eigenvalue weighted by Crippen LogP contribution is -2.33. The lowest BCUT2D eigenvalue weighted by Gasteiger charge is -2.20. The van der Waals surface area contributed by atoms with Crippen molar-refractivity contribution in [3.63, 3.8) is 0 Å². The number of hydrogen-bond acceptors (Lipinski definition) is 6. The van der Waals surface area contributed by atoms with Crippen molar-refractivity contribution in [1.29, 1.82) is 5.26 Å². The standard InChI is InChI=1S/C18H26N4O3/c1-21(2)13-20-16-9-18(17(24-3)8-14(16)10-19)25-12-15(23)11-22-6-4-5-7-22/h8-9,13,15,23H,4-7,11-12H2,1-3H3/t15-/m0/s1. The molecule has 0 saturated carbocycles. The van der Waals surface area contributed by atoms with Crippen molar-refractivity contribution in [2.24, 2.45) is 4.99 Å². The molecule has 7 nitrogen and oxygen atoms in total. The van der Waals surface area contributed by atoms with Gasteiger partial charge in [0, 0.05) is 32.8 Å². The second kappa shape index (κ2) is 9.25. The molecule has 1 aromatic rings. The van der Waals surface area contributed by atoms with Gasteiger partial charge in [0.1, 0.15) is 18.8 Å². The minimum Gasteiger partial charge on any atom is -0.493 e. The number of rotatable bonds is 8. The summed E-state index contributed by atoms with van der Waals surface area (Å²) in [6, 6.07) is 5.38. The van der Waals surface area contributed by atoms with Crippen LogP contribution in [0.5, 0.6) is 11.5 Å². The SMILES string of the molecule is COc1cc(C#N)c(N=CN(C)C)cc1OC[C@@H](O)CN1CCCC1. The molecule has 0 unspecified atom stereocenters. The summed E-state index contributed by atoms with van der Waals surface area (Å²) < 4.78 is 11.1. The molecule has 1 aromatic carbocycles. The van der Waals surface area contributed by atoms with Crippen LogP contribution in [0.1, 0.15) is 18.4 Å². The van der Waals surface area contributed by atoms with Crippen LogP contribution in [0.4, 0.5) is 5.69 Å². The third-order valence-corrected chi connectivity index (χ3v) is 3.93. The van der Waals surface area contributed by atoms with E-state index in [0.717, 1.165) is 13.1 Å². The first-order valence-corrected chi connectivity index (χ1v) is 8.39. The molecule has 0 radical (unpaired) electrons. The van der Waals surface area contributed by atoms with Crippen LogP contribution in [-0.4, -0.2) is 74.8 Å². The number of ether oxygens (including phenoxy) is 2. The van der Waals surface area contributed by atoms with Gasteiger partial charge < -0.3 is 24.4 Å². The maximum Gasteiger partial charge on any atom is 0.163 e. The largest absolute Gasteiger partial charge is 0.493 e. The van der Waals surface area contributed by atoms with Crippen LogP contribution in [0.25, 0.3) is 0 Å². The van der Waals surface area contributed by atoms with Gasteiger partial charge >= 0.3 is 0 Å². The third kappa shape index (κ3) is 5.62. The number of nitrogens with zero attached hydrogens (tertiary/aromatic N) is 4. The molecule has 0 bridgehead atoms. The first kappa shape index (κ1) is 19.0. The van der Waals surface area contributed by atoms with Crippen LogP contribution in [0.3, 0.4) is 0 Å². The average Bonchev–Trinajstić information content (AvgIpc) is 3.10. The van der Waals surface area contributed by atoms with Crippen molar-refractivity contribution in [3.05, 3.63) is 17.7 Å². The molecule has 1 fully saturated rings. The maximum absolute atomic E-state index is 10.2. The fraction of sp³-hybridized carbons (Fsp3) is 0.556. The summed E-state index contributed by atoms with van der Waals surface area (Å²) in [5, 5.41) is 19.5. The topological polar surface area (TPSA) is 81.3 Å². The van der Waals surface area contributed by atoms with Crippen molar-refractivity contribution in [3.8, 4) is 17.6 Å². The van der Waals surface area contributed by atoms with Crippen molar-refractivity contribution in [1.82, 2.24) is 9.80 Å². The number of nitriles is 1. The third-order valence-electron chi connectivity index (χ3n) is 3.93. The van der Waals surface area contributed by atoms with E-state index < -0.39 is 6.10 Å². The Balaban J connectivity index is 2.09. The number of aliphatic hydroxyl groups excluding tert-OH is 1. The van der Waals surface area contributed by atoms with Crippen molar-refractivity contribution >= 4 is 12.0 Å². The van der Waals surface area contributed by atoms with E-state index in [1.54, 1.807) is 23.4 Å². The zero-order valence-electron chi connectivity index (χ0n) is 15.1. The molecule has 2 rings (SSSR count). The van der Waals surface area contributed by atoms with Gasteiger partial charge in [-0.15, -0.1) is 0 Å². The average molecular weight is 346 g/mol. The molecule has 1 atom stereocenters. The lowest BCUT2D eigenvalue weighted by atomic mass is 10.1. The zero-order valence-corrected chi connectivity index (χ0v) is 15.1. The Bertz CT molecular complexity index is 634. The monoisotopic (exact) mass is 346 g/mol. The molecule has 0 spiro atoms. The van der Waals surface area contributed by atoms with Gasteiger partial charge in [-0.1, -0.05) is 0 Å². The zero-order chi connectivity index (χ0) is 18.2. The van der Waals surface area contributed by atoms with Crippen LogP contribution in [-0.2, 0) is 0 Å². The van der Waals surface area contributed by atoms with Gasteiger partial charge in [0.25, 0.3) is 0 Å². The minimum atomic E-state index is -0.577. The van der Waals surface area contributed by atoms with E-state index in [1.165, 1.54) is 20.0 Å². The smallest absolute Gasteiger partial charge is 0.163 e. The van der Waals surface area contributed by atoms with Crippen LogP contribution in [0, 0.1) is 11.3 Å². The summed E-state index contributed by atoms with van der Waals surface area (Å²) in [5.41, 5.74) is 0.904. The number of methoxy groups -OCH3 is 1. The summed E-state index contributed by atoms with van der Waals surface area (Å²) in [6.07, 6.45) is 3.41. The highest BCUT2D eigenvalue weighted by Gasteiger charge is 2.17. The van der Waals surface area contributed by atoms with E-state index in [2.05, 4.69) is 16.0 Å². The van der Waals surface area contributed by atoms with Crippen LogP contribution < -0.4 is 9.47 Å². The highest BCUT2D eigenvalue weighted by atomic mass is 16.5. The number of β-amino-alcohol motifs (C(OH)–C–C–N with tert-alkyl or cyclic N) is 1. The van der Waals surface area contributed by atoms with E-state index in [-0.39, 0.29) is 6.61 Å². The van der Waals surface area contributed by atoms with Crippen molar-refractivity contribution in [2.45, 2.75) is 18.9 Å². The molecule has 7 heteroatoms. The van der Waals surface area contributed by atoms with Crippen LogP contribution >= 0.6 is 0 Å². The molecule has 136 valence electrons. The van der Waals surface area contributed by atoms with Crippen LogP contribution in [0.15, 0.2) is 17.1 Å². The van der Waals surface area contributed by atoms with Gasteiger partial charge in [-0.05, 0) is 25.9 Å².